The van der Waals surface area contributed by atoms with Crippen LogP contribution in [0, 0.1) is 6.92 Å². The lowest BCUT2D eigenvalue weighted by atomic mass is 10.2. The molecular formula is C15H12N6O2. The first-order valence-corrected chi connectivity index (χ1v) is 6.92. The number of nitrogens with zero attached hydrogens (tertiary/aromatic N) is 6. The molecule has 0 N–H and O–H groups in total. The van der Waals surface area contributed by atoms with Crippen molar-refractivity contribution in [3.63, 3.8) is 0 Å². The first kappa shape index (κ1) is 13.4. The molecule has 0 spiro atoms. The number of rotatable bonds is 3. The van der Waals surface area contributed by atoms with Gasteiger partial charge in [0.1, 0.15) is 17.5 Å². The Kier molecular flexibility index (Phi) is 3.00. The van der Waals surface area contributed by atoms with Crippen LogP contribution in [0.2, 0.25) is 0 Å². The summed E-state index contributed by atoms with van der Waals surface area (Å²) in [6.07, 6.45) is 3.13. The Morgan fingerprint density at radius 3 is 2.96 bits per heavy atom. The van der Waals surface area contributed by atoms with Gasteiger partial charge in [-0.25, -0.2) is 9.97 Å². The Balaban J connectivity index is 1.71. The second-order valence-electron chi connectivity index (χ2n) is 4.95. The van der Waals surface area contributed by atoms with Crippen LogP contribution in [0.3, 0.4) is 0 Å². The van der Waals surface area contributed by atoms with E-state index in [2.05, 4.69) is 25.2 Å². The monoisotopic (exact) mass is 308 g/mol. The van der Waals surface area contributed by atoms with Crippen LogP contribution in [0.5, 0.6) is 11.6 Å². The van der Waals surface area contributed by atoms with E-state index in [1.54, 1.807) is 17.8 Å². The minimum Gasteiger partial charge on any atom is -0.438 e. The first-order chi connectivity index (χ1) is 11.2. The maximum Gasteiger partial charge on any atom is 0.233 e. The molecule has 4 aromatic rings. The molecule has 114 valence electrons. The highest BCUT2D eigenvalue weighted by Gasteiger charge is 2.11. The van der Waals surface area contributed by atoms with Gasteiger partial charge in [-0.1, -0.05) is 17.3 Å². The summed E-state index contributed by atoms with van der Waals surface area (Å²) in [6.45, 7) is 1.75. The maximum atomic E-state index is 5.88. The number of hydrogen-bond donors (Lipinski definition) is 0. The summed E-state index contributed by atoms with van der Waals surface area (Å²) in [5.74, 6) is 2.10. The lowest BCUT2D eigenvalue weighted by Crippen LogP contribution is -1.94. The Labute approximate surface area is 130 Å². The smallest absolute Gasteiger partial charge is 0.233 e. The summed E-state index contributed by atoms with van der Waals surface area (Å²) < 4.78 is 12.6. The van der Waals surface area contributed by atoms with Crippen LogP contribution in [0.4, 0.5) is 0 Å². The fraction of sp³-hybridized carbons (Fsp3) is 0.133. The topological polar surface area (TPSA) is 91.8 Å². The van der Waals surface area contributed by atoms with Crippen LogP contribution in [-0.2, 0) is 7.05 Å². The molecule has 0 saturated heterocycles. The molecule has 8 heteroatoms. The summed E-state index contributed by atoms with van der Waals surface area (Å²) in [5, 5.41) is 8.82. The third kappa shape index (κ3) is 2.39. The van der Waals surface area contributed by atoms with Crippen molar-refractivity contribution in [3.05, 3.63) is 42.7 Å². The van der Waals surface area contributed by atoms with Crippen molar-refractivity contribution in [2.45, 2.75) is 6.92 Å². The van der Waals surface area contributed by atoms with Crippen molar-refractivity contribution in [2.24, 2.45) is 7.05 Å². The van der Waals surface area contributed by atoms with Gasteiger partial charge in [0.2, 0.25) is 17.6 Å². The van der Waals surface area contributed by atoms with Crippen LogP contribution in [0.1, 0.15) is 5.89 Å². The summed E-state index contributed by atoms with van der Waals surface area (Å²) >= 11 is 0. The number of aryl methyl sites for hydroxylation is 2. The SMILES string of the molecule is Cc1nc(-c2cccc(Oc3ncnc4c3cnn4C)c2)no1. The number of benzene rings is 1. The van der Waals surface area contributed by atoms with Crippen LogP contribution in [0.15, 0.2) is 41.3 Å². The maximum absolute atomic E-state index is 5.88. The molecule has 0 radical (unpaired) electrons. The number of aromatic nitrogens is 6. The zero-order chi connectivity index (χ0) is 15.8. The van der Waals surface area contributed by atoms with Gasteiger partial charge in [-0.05, 0) is 12.1 Å². The molecule has 8 nitrogen and oxygen atoms in total. The van der Waals surface area contributed by atoms with Crippen LogP contribution in [0.25, 0.3) is 22.4 Å². The highest BCUT2D eigenvalue weighted by molar-refractivity contribution is 5.80. The van der Waals surface area contributed by atoms with Crippen molar-refractivity contribution >= 4 is 11.0 Å². The minimum atomic E-state index is 0.449. The second-order valence-corrected chi connectivity index (χ2v) is 4.95. The van der Waals surface area contributed by atoms with Crippen molar-refractivity contribution in [2.75, 3.05) is 0 Å². The molecule has 23 heavy (non-hydrogen) atoms. The molecule has 0 atom stereocenters. The van der Waals surface area contributed by atoms with E-state index >= 15 is 0 Å². The molecule has 0 aliphatic heterocycles. The van der Waals surface area contributed by atoms with E-state index in [9.17, 15) is 0 Å². The van der Waals surface area contributed by atoms with Crippen molar-refractivity contribution in [1.29, 1.82) is 0 Å². The summed E-state index contributed by atoms with van der Waals surface area (Å²) in [5.41, 5.74) is 1.51. The molecular weight excluding hydrogens is 296 g/mol. The van der Waals surface area contributed by atoms with E-state index in [0.717, 1.165) is 10.9 Å². The molecule has 3 heterocycles. The third-order valence-electron chi connectivity index (χ3n) is 3.33. The summed E-state index contributed by atoms with van der Waals surface area (Å²) in [4.78, 5) is 12.6. The van der Waals surface area contributed by atoms with Crippen LogP contribution >= 0.6 is 0 Å². The highest BCUT2D eigenvalue weighted by atomic mass is 16.5. The molecule has 1 aromatic carbocycles. The van der Waals surface area contributed by atoms with Gasteiger partial charge in [-0.2, -0.15) is 10.1 Å². The number of fused-ring (bicyclic) bond motifs is 1. The summed E-state index contributed by atoms with van der Waals surface area (Å²) in [7, 11) is 1.82. The molecule has 0 bridgehead atoms. The minimum absolute atomic E-state index is 0.449. The van der Waals surface area contributed by atoms with Gasteiger partial charge in [-0.3, -0.25) is 4.68 Å². The fourth-order valence-electron chi connectivity index (χ4n) is 2.25. The van der Waals surface area contributed by atoms with Crippen molar-refractivity contribution < 1.29 is 9.26 Å². The van der Waals surface area contributed by atoms with Crippen molar-refractivity contribution in [1.82, 2.24) is 29.9 Å². The predicted molar refractivity (Wildman–Crippen MR) is 80.8 cm³/mol. The number of ether oxygens (including phenoxy) is 1. The lowest BCUT2D eigenvalue weighted by Gasteiger charge is -2.06. The zero-order valence-electron chi connectivity index (χ0n) is 12.5. The van der Waals surface area contributed by atoms with Crippen LogP contribution < -0.4 is 4.74 Å². The molecule has 0 aliphatic rings. The molecule has 0 fully saturated rings. The van der Waals surface area contributed by atoms with Gasteiger partial charge in [-0.15, -0.1) is 0 Å². The van der Waals surface area contributed by atoms with E-state index in [1.165, 1.54) is 6.33 Å². The Morgan fingerprint density at radius 1 is 1.22 bits per heavy atom. The molecule has 0 aliphatic carbocycles. The van der Waals surface area contributed by atoms with E-state index < -0.39 is 0 Å². The molecule has 0 saturated carbocycles. The fourth-order valence-corrected chi connectivity index (χ4v) is 2.25. The molecule has 3 aromatic heterocycles. The highest BCUT2D eigenvalue weighted by Crippen LogP contribution is 2.28. The first-order valence-electron chi connectivity index (χ1n) is 6.92. The van der Waals surface area contributed by atoms with E-state index in [1.807, 2.05) is 31.3 Å². The lowest BCUT2D eigenvalue weighted by molar-refractivity contribution is 0.394. The average Bonchev–Trinajstić information content (AvgIpc) is 3.15. The Bertz CT molecular complexity index is 990. The van der Waals surface area contributed by atoms with Gasteiger partial charge in [0, 0.05) is 19.5 Å². The molecule has 0 amide bonds. The Morgan fingerprint density at radius 2 is 2.13 bits per heavy atom. The normalized spacial score (nSPS) is 11.0. The standard InChI is InChI=1S/C15H12N6O2/c1-9-19-13(20-23-9)10-4-3-5-11(6-10)22-15-12-7-18-21(2)14(12)16-8-17-15/h3-8H,1-2H3. The van der Waals surface area contributed by atoms with Gasteiger partial charge in [0.25, 0.3) is 0 Å². The predicted octanol–water partition coefficient (Wildman–Crippen LogP) is 2.51. The second kappa shape index (κ2) is 5.16. The average molecular weight is 308 g/mol. The van der Waals surface area contributed by atoms with Gasteiger partial charge in [0.15, 0.2) is 5.65 Å². The Hall–Kier alpha value is -3.29. The van der Waals surface area contributed by atoms with Crippen LogP contribution in [-0.4, -0.2) is 29.9 Å². The quantitative estimate of drug-likeness (QED) is 0.574. The van der Waals surface area contributed by atoms with Crippen molar-refractivity contribution in [3.8, 4) is 23.0 Å². The largest absolute Gasteiger partial charge is 0.438 e. The van der Waals surface area contributed by atoms with Gasteiger partial charge in [0.05, 0.1) is 6.20 Å². The molecule has 0 unspecified atom stereocenters. The van der Waals surface area contributed by atoms with E-state index in [4.69, 9.17) is 9.26 Å². The zero-order valence-corrected chi connectivity index (χ0v) is 12.5. The van der Waals surface area contributed by atoms with E-state index in [-0.39, 0.29) is 0 Å². The number of hydrogen-bond acceptors (Lipinski definition) is 7. The summed E-state index contributed by atoms with van der Waals surface area (Å²) in [6, 6.07) is 7.41. The van der Waals surface area contributed by atoms with Gasteiger partial charge < -0.3 is 9.26 Å². The van der Waals surface area contributed by atoms with E-state index in [0.29, 0.717) is 29.0 Å². The molecule has 4 rings (SSSR count). The van der Waals surface area contributed by atoms with Gasteiger partial charge >= 0.3 is 0 Å². The third-order valence-corrected chi connectivity index (χ3v) is 3.33.